The normalized spacial score (nSPS) is 46.8. The molecule has 1 aliphatic heterocycles. The Bertz CT molecular complexity index is 672. The minimum atomic E-state index is 0. The van der Waals surface area contributed by atoms with E-state index in [0.29, 0.717) is 10.8 Å². The summed E-state index contributed by atoms with van der Waals surface area (Å²) in [6.45, 7) is 6.40. The Kier molecular flexibility index (Phi) is 3.26. The van der Waals surface area contributed by atoms with Gasteiger partial charge in [0.15, 0.2) is 0 Å². The van der Waals surface area contributed by atoms with Crippen LogP contribution in [-0.2, 0) is 0 Å². The highest BCUT2D eigenvalue weighted by atomic mass is 15.0. The smallest absolute Gasteiger partial charge is 0.0343 e. The van der Waals surface area contributed by atoms with E-state index in [1.165, 1.54) is 50.6 Å². The molecule has 1 saturated heterocycles. The van der Waals surface area contributed by atoms with Crippen LogP contribution in [0.5, 0.6) is 0 Å². The zero-order chi connectivity index (χ0) is 16.4. The van der Waals surface area contributed by atoms with Crippen LogP contribution in [-0.4, -0.2) is 17.6 Å². The van der Waals surface area contributed by atoms with Gasteiger partial charge in [-0.3, -0.25) is 4.98 Å². The number of fused-ring (bicyclic) bond motifs is 5. The van der Waals surface area contributed by atoms with Crippen LogP contribution in [0.1, 0.15) is 59.4 Å². The van der Waals surface area contributed by atoms with Gasteiger partial charge in [0.05, 0.1) is 0 Å². The molecule has 1 aromatic heterocycles. The van der Waals surface area contributed by atoms with Gasteiger partial charge in [0.1, 0.15) is 0 Å². The summed E-state index contributed by atoms with van der Waals surface area (Å²) in [4.78, 5) is 4.38. The van der Waals surface area contributed by atoms with Crippen molar-refractivity contribution in [2.24, 2.45) is 28.6 Å². The van der Waals surface area contributed by atoms with E-state index in [4.69, 9.17) is 0 Å². The Morgan fingerprint density at radius 3 is 2.92 bits per heavy atom. The number of pyridine rings is 1. The first-order chi connectivity index (χ1) is 11.6. The summed E-state index contributed by atoms with van der Waals surface area (Å²) in [7, 11) is 0. The van der Waals surface area contributed by atoms with Gasteiger partial charge in [0, 0.05) is 19.9 Å². The molecule has 130 valence electrons. The number of allylic oxidation sites excluding steroid dienone is 2. The van der Waals surface area contributed by atoms with Gasteiger partial charge in [-0.1, -0.05) is 26.0 Å². The quantitative estimate of drug-likeness (QED) is 0.792. The number of nitrogens with zero attached hydrogens (tertiary/aromatic N) is 1. The summed E-state index contributed by atoms with van der Waals surface area (Å²) in [5.41, 5.74) is 3.89. The lowest BCUT2D eigenvalue weighted by molar-refractivity contribution is -0.0472. The number of aromatic nitrogens is 1. The van der Waals surface area contributed by atoms with Gasteiger partial charge in [-0.05, 0) is 90.9 Å². The fraction of sp³-hybridized carbons (Fsp3) is 0.682. The van der Waals surface area contributed by atoms with Crippen molar-refractivity contribution in [3.63, 3.8) is 0 Å². The first-order valence-electron chi connectivity index (χ1n) is 9.97. The molecule has 0 spiro atoms. The molecule has 3 aliphatic carbocycles. The number of hydrogen-bond donors (Lipinski definition) is 1. The fourth-order valence-electron chi connectivity index (χ4n) is 7.20. The van der Waals surface area contributed by atoms with E-state index in [9.17, 15) is 0 Å². The minimum Gasteiger partial charge on any atom is -0.313 e. The SMILES string of the molecule is C[C@]12CCNC1CC[C@@H]1[C@@H]2CC[C@]2(C)C(c3cccnc3)=CC[C@@H]12.[HH]. The molecule has 0 bridgehead atoms. The van der Waals surface area contributed by atoms with E-state index in [0.717, 1.165) is 23.8 Å². The van der Waals surface area contributed by atoms with E-state index in [1.807, 2.05) is 6.20 Å². The molecule has 2 nitrogen and oxygen atoms in total. The van der Waals surface area contributed by atoms with Crippen LogP contribution in [0.4, 0.5) is 0 Å². The molecular formula is C22H32N2. The van der Waals surface area contributed by atoms with Crippen LogP contribution < -0.4 is 5.32 Å². The van der Waals surface area contributed by atoms with Crippen molar-refractivity contribution in [3.8, 4) is 0 Å². The van der Waals surface area contributed by atoms with E-state index >= 15 is 0 Å². The van der Waals surface area contributed by atoms with Crippen LogP contribution in [0.15, 0.2) is 30.6 Å². The Morgan fingerprint density at radius 2 is 2.08 bits per heavy atom. The zero-order valence-corrected chi connectivity index (χ0v) is 15.1. The molecule has 4 aliphatic rings. The highest BCUT2D eigenvalue weighted by molar-refractivity contribution is 5.72. The van der Waals surface area contributed by atoms with Crippen LogP contribution >= 0.6 is 0 Å². The second-order valence-electron chi connectivity index (χ2n) is 9.27. The second-order valence-corrected chi connectivity index (χ2v) is 9.27. The Labute approximate surface area is 147 Å². The van der Waals surface area contributed by atoms with Gasteiger partial charge in [-0.2, -0.15) is 0 Å². The van der Waals surface area contributed by atoms with Gasteiger partial charge in [-0.25, -0.2) is 0 Å². The maximum absolute atomic E-state index is 4.38. The monoisotopic (exact) mass is 324 g/mol. The highest BCUT2D eigenvalue weighted by Crippen LogP contribution is 2.65. The predicted octanol–water partition coefficient (Wildman–Crippen LogP) is 4.93. The van der Waals surface area contributed by atoms with Crippen LogP contribution in [0, 0.1) is 28.6 Å². The molecule has 6 atom stereocenters. The van der Waals surface area contributed by atoms with Crippen molar-refractivity contribution in [1.29, 1.82) is 0 Å². The van der Waals surface area contributed by atoms with Crippen molar-refractivity contribution in [2.75, 3.05) is 6.54 Å². The van der Waals surface area contributed by atoms with Gasteiger partial charge in [-0.15, -0.1) is 0 Å². The maximum Gasteiger partial charge on any atom is 0.0343 e. The molecule has 2 saturated carbocycles. The first kappa shape index (κ1) is 15.1. The number of hydrogen-bond acceptors (Lipinski definition) is 2. The van der Waals surface area contributed by atoms with Crippen molar-refractivity contribution in [2.45, 2.75) is 58.4 Å². The van der Waals surface area contributed by atoms with Gasteiger partial charge in [0.25, 0.3) is 0 Å². The van der Waals surface area contributed by atoms with Crippen molar-refractivity contribution >= 4 is 5.57 Å². The third-order valence-corrected chi connectivity index (χ3v) is 8.48. The maximum atomic E-state index is 4.38. The van der Waals surface area contributed by atoms with E-state index in [-0.39, 0.29) is 1.43 Å². The molecule has 24 heavy (non-hydrogen) atoms. The first-order valence-corrected chi connectivity index (χ1v) is 9.97. The average Bonchev–Trinajstić information content (AvgIpc) is 3.15. The number of nitrogens with one attached hydrogen (secondary N) is 1. The molecule has 0 amide bonds. The highest BCUT2D eigenvalue weighted by Gasteiger charge is 2.58. The van der Waals surface area contributed by atoms with Crippen LogP contribution in [0.2, 0.25) is 0 Å². The second kappa shape index (κ2) is 5.17. The standard InChI is InChI=1S/C22H30N2.H2/c1-21-10-9-19-16(5-8-20-22(19,2)11-13-24-20)18(21)7-6-17(21)15-4-3-12-23-14-15;/h3-4,6,12,14,16,18-20,24H,5,7-11,13H2,1-2H3;1H/t16-,18-,19-,20?,21+,22+;/m0./s1. The third kappa shape index (κ3) is 1.89. The molecule has 0 aromatic carbocycles. The third-order valence-electron chi connectivity index (χ3n) is 8.48. The van der Waals surface area contributed by atoms with E-state index in [2.05, 4.69) is 48.6 Å². The van der Waals surface area contributed by atoms with Gasteiger partial charge in [0.2, 0.25) is 0 Å². The summed E-state index contributed by atoms with van der Waals surface area (Å²) in [5, 5.41) is 3.81. The summed E-state index contributed by atoms with van der Waals surface area (Å²) < 4.78 is 0. The average molecular weight is 325 g/mol. The number of rotatable bonds is 1. The predicted molar refractivity (Wildman–Crippen MR) is 101 cm³/mol. The molecule has 3 fully saturated rings. The lowest BCUT2D eigenvalue weighted by Crippen LogP contribution is -2.53. The summed E-state index contributed by atoms with van der Waals surface area (Å²) >= 11 is 0. The van der Waals surface area contributed by atoms with Gasteiger partial charge >= 0.3 is 0 Å². The largest absolute Gasteiger partial charge is 0.313 e. The van der Waals surface area contributed by atoms with Crippen molar-refractivity contribution in [1.82, 2.24) is 10.3 Å². The van der Waals surface area contributed by atoms with Crippen molar-refractivity contribution in [3.05, 3.63) is 36.2 Å². The lowest BCUT2D eigenvalue weighted by atomic mass is 9.48. The summed E-state index contributed by atoms with van der Waals surface area (Å²) in [6.07, 6.45) is 14.8. The van der Waals surface area contributed by atoms with Crippen LogP contribution in [0.3, 0.4) is 0 Å². The molecule has 1 N–H and O–H groups in total. The fourth-order valence-corrected chi connectivity index (χ4v) is 7.20. The van der Waals surface area contributed by atoms with Crippen molar-refractivity contribution < 1.29 is 1.43 Å². The van der Waals surface area contributed by atoms with E-state index < -0.39 is 0 Å². The molecule has 1 unspecified atom stereocenters. The Hall–Kier alpha value is -1.15. The molecule has 5 rings (SSSR count). The molecule has 2 heterocycles. The van der Waals surface area contributed by atoms with E-state index in [1.54, 1.807) is 5.57 Å². The Balaban J connectivity index is 0.00000157. The minimum absolute atomic E-state index is 0. The lowest BCUT2D eigenvalue weighted by Gasteiger charge is -2.57. The van der Waals surface area contributed by atoms with Gasteiger partial charge < -0.3 is 5.32 Å². The zero-order valence-electron chi connectivity index (χ0n) is 15.1. The molecule has 1 aromatic rings. The molecule has 0 radical (unpaired) electrons. The molecule has 2 heteroatoms. The molecular weight excluding hydrogens is 292 g/mol. The topological polar surface area (TPSA) is 24.9 Å². The Morgan fingerprint density at radius 1 is 1.17 bits per heavy atom. The summed E-state index contributed by atoms with van der Waals surface area (Å²) in [6, 6.07) is 5.14. The summed E-state index contributed by atoms with van der Waals surface area (Å²) in [5.74, 6) is 2.71. The van der Waals surface area contributed by atoms with Crippen LogP contribution in [0.25, 0.3) is 5.57 Å².